The first kappa shape index (κ1) is 17.9. The van der Waals surface area contributed by atoms with E-state index in [0.29, 0.717) is 13.0 Å². The second-order valence-electron chi connectivity index (χ2n) is 7.22. The van der Waals surface area contributed by atoms with Gasteiger partial charge >= 0.3 is 0 Å². The number of hydrogen-bond donors (Lipinski definition) is 0. The summed E-state index contributed by atoms with van der Waals surface area (Å²) in [4.78, 5) is 18.5. The molecule has 2 aromatic carbocycles. The molecule has 0 unspecified atom stereocenters. The Bertz CT molecular complexity index is 785. The van der Waals surface area contributed by atoms with Gasteiger partial charge in [0.05, 0.1) is 5.69 Å². The van der Waals surface area contributed by atoms with Crippen molar-refractivity contribution in [3.05, 3.63) is 54.1 Å². The summed E-state index contributed by atoms with van der Waals surface area (Å²) in [6.07, 6.45) is 1.33. The van der Waals surface area contributed by atoms with Crippen LogP contribution >= 0.6 is 0 Å². The number of piperazine rings is 1. The van der Waals surface area contributed by atoms with Gasteiger partial charge in [-0.15, -0.1) is 0 Å². The average molecular weight is 365 g/mol. The minimum atomic E-state index is 0.177. The van der Waals surface area contributed by atoms with Crippen molar-refractivity contribution in [1.29, 1.82) is 0 Å². The molecule has 2 aromatic rings. The number of benzene rings is 2. The second kappa shape index (κ2) is 8.01. The van der Waals surface area contributed by atoms with Crippen LogP contribution in [0.1, 0.15) is 12.0 Å². The molecule has 1 amide bonds. The van der Waals surface area contributed by atoms with E-state index < -0.39 is 0 Å². The standard InChI is InChI=1S/C22H27N3O2/c1-23-20-8-5-9-21(19(20)10-11-22(23)26)27-17-16-24-12-14-25(15-13-24)18-6-3-2-4-7-18/h2-9H,10-17H2,1H3. The zero-order chi connectivity index (χ0) is 18.6. The first-order valence-corrected chi connectivity index (χ1v) is 9.76. The minimum absolute atomic E-state index is 0.177. The van der Waals surface area contributed by atoms with Crippen LogP contribution in [0, 0.1) is 0 Å². The fourth-order valence-electron chi connectivity index (χ4n) is 3.94. The third-order valence-electron chi connectivity index (χ3n) is 5.59. The molecule has 5 heteroatoms. The second-order valence-corrected chi connectivity index (χ2v) is 7.22. The lowest BCUT2D eigenvalue weighted by Gasteiger charge is -2.36. The Kier molecular flexibility index (Phi) is 5.30. The number of amides is 1. The number of hydrogen-bond acceptors (Lipinski definition) is 4. The third-order valence-corrected chi connectivity index (χ3v) is 5.59. The lowest BCUT2D eigenvalue weighted by atomic mass is 10.0. The van der Waals surface area contributed by atoms with Crippen molar-refractivity contribution in [2.75, 3.05) is 56.2 Å². The first-order chi connectivity index (χ1) is 13.2. The van der Waals surface area contributed by atoms with Gasteiger partial charge < -0.3 is 14.5 Å². The van der Waals surface area contributed by atoms with Gasteiger partial charge in [-0.3, -0.25) is 9.69 Å². The van der Waals surface area contributed by atoms with Gasteiger partial charge in [0.1, 0.15) is 12.4 Å². The molecule has 0 atom stereocenters. The quantitative estimate of drug-likeness (QED) is 0.816. The molecule has 1 saturated heterocycles. The minimum Gasteiger partial charge on any atom is -0.492 e. The van der Waals surface area contributed by atoms with Crippen molar-refractivity contribution in [2.45, 2.75) is 12.8 Å². The Morgan fingerprint density at radius 2 is 1.70 bits per heavy atom. The largest absolute Gasteiger partial charge is 0.492 e. The Balaban J connectivity index is 1.28. The van der Waals surface area contributed by atoms with E-state index in [1.807, 2.05) is 25.2 Å². The molecule has 1 fully saturated rings. The highest BCUT2D eigenvalue weighted by atomic mass is 16.5. The van der Waals surface area contributed by atoms with Crippen LogP contribution in [0.2, 0.25) is 0 Å². The Morgan fingerprint density at radius 1 is 0.926 bits per heavy atom. The number of fused-ring (bicyclic) bond motifs is 1. The van der Waals surface area contributed by atoms with Gasteiger partial charge in [0.2, 0.25) is 5.91 Å². The number of ether oxygens (including phenoxy) is 1. The van der Waals surface area contributed by atoms with Crippen LogP contribution < -0.4 is 14.5 Å². The summed E-state index contributed by atoms with van der Waals surface area (Å²) in [6.45, 7) is 5.83. The SMILES string of the molecule is CN1C(=O)CCc2c(OCCN3CCN(c4ccccc4)CC3)cccc21. The van der Waals surface area contributed by atoms with Crippen LogP contribution in [0.4, 0.5) is 11.4 Å². The van der Waals surface area contributed by atoms with Gasteiger partial charge in [0.15, 0.2) is 0 Å². The molecule has 0 bridgehead atoms. The Hall–Kier alpha value is -2.53. The van der Waals surface area contributed by atoms with Crippen LogP contribution in [0.3, 0.4) is 0 Å². The van der Waals surface area contributed by atoms with E-state index in [1.165, 1.54) is 5.69 Å². The van der Waals surface area contributed by atoms with E-state index in [9.17, 15) is 4.79 Å². The van der Waals surface area contributed by atoms with E-state index in [-0.39, 0.29) is 5.91 Å². The molecule has 5 nitrogen and oxygen atoms in total. The lowest BCUT2D eigenvalue weighted by Crippen LogP contribution is -2.47. The highest BCUT2D eigenvalue weighted by molar-refractivity contribution is 5.96. The number of carbonyl (C=O) groups is 1. The van der Waals surface area contributed by atoms with Crippen molar-refractivity contribution >= 4 is 17.3 Å². The highest BCUT2D eigenvalue weighted by Gasteiger charge is 2.23. The Morgan fingerprint density at radius 3 is 2.48 bits per heavy atom. The monoisotopic (exact) mass is 365 g/mol. The number of nitrogens with zero attached hydrogens (tertiary/aromatic N) is 3. The molecule has 2 aliphatic heterocycles. The Labute approximate surface area is 161 Å². The molecule has 0 saturated carbocycles. The molecule has 0 radical (unpaired) electrons. The van der Waals surface area contributed by atoms with Crippen LogP contribution in [0.25, 0.3) is 0 Å². The summed E-state index contributed by atoms with van der Waals surface area (Å²) in [6, 6.07) is 16.6. The summed E-state index contributed by atoms with van der Waals surface area (Å²) < 4.78 is 6.11. The van der Waals surface area contributed by atoms with Crippen molar-refractivity contribution in [1.82, 2.24) is 4.90 Å². The zero-order valence-corrected chi connectivity index (χ0v) is 15.9. The highest BCUT2D eigenvalue weighted by Crippen LogP contribution is 2.33. The molecular weight excluding hydrogens is 338 g/mol. The first-order valence-electron chi connectivity index (χ1n) is 9.76. The van der Waals surface area contributed by atoms with E-state index >= 15 is 0 Å². The van der Waals surface area contributed by atoms with Crippen LogP contribution in [-0.2, 0) is 11.2 Å². The molecule has 0 N–H and O–H groups in total. The van der Waals surface area contributed by atoms with Crippen molar-refractivity contribution in [3.8, 4) is 5.75 Å². The van der Waals surface area contributed by atoms with Crippen LogP contribution in [0.5, 0.6) is 5.75 Å². The molecule has 2 aliphatic rings. The molecule has 4 rings (SSSR count). The van der Waals surface area contributed by atoms with Gasteiger partial charge in [0.25, 0.3) is 0 Å². The number of rotatable bonds is 5. The maximum Gasteiger partial charge on any atom is 0.227 e. The number of carbonyl (C=O) groups excluding carboxylic acids is 1. The van der Waals surface area contributed by atoms with Crippen LogP contribution in [0.15, 0.2) is 48.5 Å². The van der Waals surface area contributed by atoms with E-state index in [1.54, 1.807) is 4.90 Å². The maximum absolute atomic E-state index is 11.9. The van der Waals surface area contributed by atoms with Crippen molar-refractivity contribution < 1.29 is 9.53 Å². The van der Waals surface area contributed by atoms with Crippen molar-refractivity contribution in [2.24, 2.45) is 0 Å². The predicted octanol–water partition coefficient (Wildman–Crippen LogP) is 2.80. The summed E-state index contributed by atoms with van der Waals surface area (Å²) in [7, 11) is 1.84. The summed E-state index contributed by atoms with van der Waals surface area (Å²) in [5.41, 5.74) is 3.46. The molecule has 0 aliphatic carbocycles. The molecule has 0 aromatic heterocycles. The fraction of sp³-hybridized carbons (Fsp3) is 0.409. The molecule has 2 heterocycles. The zero-order valence-electron chi connectivity index (χ0n) is 15.9. The topological polar surface area (TPSA) is 36.0 Å². The number of para-hydroxylation sites is 1. The van der Waals surface area contributed by atoms with Gasteiger partial charge in [-0.1, -0.05) is 24.3 Å². The van der Waals surface area contributed by atoms with Gasteiger partial charge in [-0.05, 0) is 30.7 Å². The van der Waals surface area contributed by atoms with Gasteiger partial charge in [-0.2, -0.15) is 0 Å². The lowest BCUT2D eigenvalue weighted by molar-refractivity contribution is -0.118. The smallest absolute Gasteiger partial charge is 0.227 e. The van der Waals surface area contributed by atoms with Crippen LogP contribution in [-0.4, -0.2) is 57.2 Å². The van der Waals surface area contributed by atoms with Gasteiger partial charge in [-0.25, -0.2) is 0 Å². The maximum atomic E-state index is 11.9. The number of anilines is 2. The fourth-order valence-corrected chi connectivity index (χ4v) is 3.94. The summed E-state index contributed by atoms with van der Waals surface area (Å²) >= 11 is 0. The normalized spacial score (nSPS) is 17.7. The van der Waals surface area contributed by atoms with E-state index in [0.717, 1.165) is 56.1 Å². The van der Waals surface area contributed by atoms with E-state index in [4.69, 9.17) is 4.74 Å². The molecule has 0 spiro atoms. The molecule has 27 heavy (non-hydrogen) atoms. The predicted molar refractivity (Wildman–Crippen MR) is 109 cm³/mol. The molecule has 142 valence electrons. The average Bonchev–Trinajstić information content (AvgIpc) is 2.72. The van der Waals surface area contributed by atoms with Gasteiger partial charge in [0, 0.05) is 57.4 Å². The molecular formula is C22H27N3O2. The summed E-state index contributed by atoms with van der Waals surface area (Å²) in [5, 5.41) is 0. The van der Waals surface area contributed by atoms with Crippen molar-refractivity contribution in [3.63, 3.8) is 0 Å². The summed E-state index contributed by atoms with van der Waals surface area (Å²) in [5.74, 6) is 1.10. The van der Waals surface area contributed by atoms with E-state index in [2.05, 4.69) is 40.1 Å². The third kappa shape index (κ3) is 3.93.